The molecule has 204 valence electrons. The number of aromatic nitrogens is 4. The van der Waals surface area contributed by atoms with Gasteiger partial charge in [-0.2, -0.15) is 4.52 Å². The molecule has 0 radical (unpaired) electrons. The highest BCUT2D eigenvalue weighted by molar-refractivity contribution is 8.00. The highest BCUT2D eigenvalue weighted by Gasteiger charge is 2.26. The minimum Gasteiger partial charge on any atom is -0.493 e. The number of hydrogen-bond acceptors (Lipinski definition) is 9. The van der Waals surface area contributed by atoms with Crippen LogP contribution in [0.5, 0.6) is 11.5 Å². The molecule has 11 nitrogen and oxygen atoms in total. The fourth-order valence-corrected chi connectivity index (χ4v) is 5.81. The monoisotopic (exact) mass is 550 g/mol. The summed E-state index contributed by atoms with van der Waals surface area (Å²) in [5.41, 5.74) is 1.75. The van der Waals surface area contributed by atoms with Crippen molar-refractivity contribution in [3.8, 4) is 22.9 Å². The number of thioether (sulfide) groups is 1. The van der Waals surface area contributed by atoms with Gasteiger partial charge in [0.25, 0.3) is 5.69 Å². The molecule has 1 atom stereocenters. The summed E-state index contributed by atoms with van der Waals surface area (Å²) in [6.45, 7) is 1.98. The van der Waals surface area contributed by atoms with Crippen molar-refractivity contribution >= 4 is 39.9 Å². The lowest BCUT2D eigenvalue weighted by Gasteiger charge is -2.25. The van der Waals surface area contributed by atoms with Gasteiger partial charge in [-0.25, -0.2) is 9.97 Å². The van der Waals surface area contributed by atoms with Crippen molar-refractivity contribution in [3.63, 3.8) is 0 Å². The van der Waals surface area contributed by atoms with Gasteiger partial charge in [0.15, 0.2) is 28.1 Å². The Morgan fingerprint density at radius 2 is 1.82 bits per heavy atom. The van der Waals surface area contributed by atoms with E-state index in [1.807, 2.05) is 6.92 Å². The molecule has 1 aliphatic rings. The lowest BCUT2D eigenvalue weighted by Crippen LogP contribution is -2.41. The van der Waals surface area contributed by atoms with Crippen molar-refractivity contribution in [1.29, 1.82) is 0 Å². The van der Waals surface area contributed by atoms with Crippen LogP contribution in [0.1, 0.15) is 45.4 Å². The maximum atomic E-state index is 13.2. The number of nitrogens with zero attached hydrogens (tertiary/aromatic N) is 5. The van der Waals surface area contributed by atoms with E-state index in [2.05, 4.69) is 5.32 Å². The Bertz CT molecular complexity index is 1520. The molecule has 4 aromatic rings. The molecule has 1 unspecified atom stereocenters. The number of ether oxygens (including phenoxy) is 2. The zero-order valence-electron chi connectivity index (χ0n) is 22.0. The van der Waals surface area contributed by atoms with E-state index in [1.54, 1.807) is 43.0 Å². The van der Waals surface area contributed by atoms with Crippen molar-refractivity contribution < 1.29 is 19.2 Å². The topological polar surface area (TPSA) is 134 Å². The smallest absolute Gasteiger partial charge is 0.269 e. The number of methoxy groups -OCH3 is 2. The van der Waals surface area contributed by atoms with Crippen LogP contribution in [0.25, 0.3) is 27.9 Å². The number of rotatable bonds is 9. The second kappa shape index (κ2) is 11.4. The predicted octanol–water partition coefficient (Wildman–Crippen LogP) is 5.19. The lowest BCUT2D eigenvalue weighted by atomic mass is 9.95. The highest BCUT2D eigenvalue weighted by atomic mass is 32.2. The van der Waals surface area contributed by atoms with Crippen LogP contribution in [0.4, 0.5) is 5.69 Å². The highest BCUT2D eigenvalue weighted by Crippen LogP contribution is 2.36. The molecule has 12 heteroatoms. The molecule has 0 aliphatic heterocycles. The first kappa shape index (κ1) is 26.7. The van der Waals surface area contributed by atoms with Crippen molar-refractivity contribution in [2.75, 3.05) is 14.2 Å². The van der Waals surface area contributed by atoms with Crippen molar-refractivity contribution in [1.82, 2.24) is 24.9 Å². The average molecular weight is 551 g/mol. The van der Waals surface area contributed by atoms with Crippen molar-refractivity contribution in [2.45, 2.75) is 61.9 Å². The summed E-state index contributed by atoms with van der Waals surface area (Å²) < 4.78 is 12.6. The van der Waals surface area contributed by atoms with Crippen LogP contribution >= 0.6 is 11.8 Å². The maximum Gasteiger partial charge on any atom is 0.269 e. The zero-order valence-corrected chi connectivity index (χ0v) is 22.9. The van der Waals surface area contributed by atoms with E-state index in [-0.39, 0.29) is 22.9 Å². The van der Waals surface area contributed by atoms with Crippen molar-refractivity contribution in [2.24, 2.45) is 0 Å². The van der Waals surface area contributed by atoms with Gasteiger partial charge in [0, 0.05) is 35.2 Å². The minimum atomic E-state index is -0.448. The van der Waals surface area contributed by atoms with E-state index < -0.39 is 4.92 Å². The maximum absolute atomic E-state index is 13.2. The van der Waals surface area contributed by atoms with Crippen molar-refractivity contribution in [3.05, 3.63) is 46.5 Å². The van der Waals surface area contributed by atoms with Crippen LogP contribution in [0.2, 0.25) is 0 Å². The molecule has 1 N–H and O–H groups in total. The fourth-order valence-electron chi connectivity index (χ4n) is 4.83. The normalized spacial score (nSPS) is 14.8. The molecule has 5 rings (SSSR count). The molecular formula is C27H30N6O5S. The number of nitro groups is 1. The van der Waals surface area contributed by atoms with Crippen LogP contribution in [-0.4, -0.2) is 55.9 Å². The second-order valence-electron chi connectivity index (χ2n) is 9.45. The minimum absolute atomic E-state index is 0.00698. The van der Waals surface area contributed by atoms with Gasteiger partial charge in [-0.15, -0.1) is 5.10 Å². The van der Waals surface area contributed by atoms with Gasteiger partial charge in [0.2, 0.25) is 5.91 Å². The molecule has 2 aromatic carbocycles. The second-order valence-corrected chi connectivity index (χ2v) is 10.6. The van der Waals surface area contributed by atoms with E-state index in [4.69, 9.17) is 24.5 Å². The number of nitro benzene ring substituents is 1. The third kappa shape index (κ3) is 5.47. The van der Waals surface area contributed by atoms with E-state index >= 15 is 0 Å². The number of nitrogens with one attached hydrogen (secondary N) is 1. The van der Waals surface area contributed by atoms with E-state index in [0.29, 0.717) is 51.0 Å². The summed E-state index contributed by atoms with van der Waals surface area (Å²) in [5.74, 6) is 1.42. The molecule has 1 fully saturated rings. The zero-order chi connectivity index (χ0) is 27.5. The number of fused-ring (bicyclic) bond motifs is 3. The van der Waals surface area contributed by atoms with Crippen LogP contribution in [0.3, 0.4) is 0 Å². The quantitative estimate of drug-likeness (QED) is 0.129. The van der Waals surface area contributed by atoms with Crippen LogP contribution in [-0.2, 0) is 4.79 Å². The average Bonchev–Trinajstić information content (AvgIpc) is 3.41. The van der Waals surface area contributed by atoms with Gasteiger partial charge in [0.05, 0.1) is 29.9 Å². The first-order chi connectivity index (χ1) is 18.9. The van der Waals surface area contributed by atoms with E-state index in [9.17, 15) is 14.9 Å². The van der Waals surface area contributed by atoms with Gasteiger partial charge in [-0.3, -0.25) is 14.9 Å². The number of benzene rings is 2. The molecule has 0 spiro atoms. The Morgan fingerprint density at radius 1 is 1.13 bits per heavy atom. The standard InChI is InChI=1S/C27H30N6O5S/c1-4-23(26(34)28-17-8-6-5-7-9-17)39-27-29-20-15-22(38-3)21(37-2)14-19(20)25-30-24(31-32(25)27)16-10-12-18(13-11-16)33(35)36/h10-15,17,23H,4-9H2,1-3H3,(H,28,34). The first-order valence-electron chi connectivity index (χ1n) is 13.0. The lowest BCUT2D eigenvalue weighted by molar-refractivity contribution is -0.384. The molecular weight excluding hydrogens is 520 g/mol. The molecule has 2 aromatic heterocycles. The number of hydrogen-bond donors (Lipinski definition) is 1. The first-order valence-corrected chi connectivity index (χ1v) is 13.8. The van der Waals surface area contributed by atoms with Gasteiger partial charge in [0.1, 0.15) is 0 Å². The summed E-state index contributed by atoms with van der Waals surface area (Å²) in [4.78, 5) is 33.6. The molecule has 1 amide bonds. The summed E-state index contributed by atoms with van der Waals surface area (Å²) in [6, 6.07) is 9.86. The predicted molar refractivity (Wildman–Crippen MR) is 148 cm³/mol. The van der Waals surface area contributed by atoms with Crippen LogP contribution in [0, 0.1) is 10.1 Å². The third-order valence-corrected chi connectivity index (χ3v) is 8.25. The summed E-state index contributed by atoms with van der Waals surface area (Å²) >= 11 is 1.34. The largest absolute Gasteiger partial charge is 0.493 e. The van der Waals surface area contributed by atoms with E-state index in [1.165, 1.54) is 30.3 Å². The molecule has 2 heterocycles. The molecule has 1 aliphatic carbocycles. The number of non-ortho nitro benzene ring substituents is 1. The number of amides is 1. The van der Waals surface area contributed by atoms with Gasteiger partial charge in [-0.05, 0) is 37.5 Å². The summed E-state index contributed by atoms with van der Waals surface area (Å²) in [5, 5.41) is 19.9. The number of carbonyl (C=O) groups excluding carboxylic acids is 1. The fraction of sp³-hybridized carbons (Fsp3) is 0.407. The molecule has 39 heavy (non-hydrogen) atoms. The van der Waals surface area contributed by atoms with Gasteiger partial charge >= 0.3 is 0 Å². The van der Waals surface area contributed by atoms with Crippen LogP contribution in [0.15, 0.2) is 41.6 Å². The molecule has 0 saturated heterocycles. The van der Waals surface area contributed by atoms with Gasteiger partial charge < -0.3 is 14.8 Å². The molecule has 0 bridgehead atoms. The summed E-state index contributed by atoms with van der Waals surface area (Å²) in [6.07, 6.45) is 6.12. The Kier molecular flexibility index (Phi) is 7.82. The Balaban J connectivity index is 1.59. The number of carbonyl (C=O) groups is 1. The molecule has 1 saturated carbocycles. The SMILES string of the molecule is CCC(Sc1nc2cc(OC)c(OC)cc2c2nc(-c3ccc([N+](=O)[O-])cc3)nn12)C(=O)NC1CCCCC1. The van der Waals surface area contributed by atoms with Gasteiger partial charge in [-0.1, -0.05) is 37.9 Å². The summed E-state index contributed by atoms with van der Waals surface area (Å²) in [7, 11) is 3.12. The van der Waals surface area contributed by atoms with Crippen LogP contribution < -0.4 is 14.8 Å². The van der Waals surface area contributed by atoms with E-state index in [0.717, 1.165) is 25.7 Å². The Hall–Kier alpha value is -3.93. The Labute approximate surface area is 229 Å². The third-order valence-electron chi connectivity index (χ3n) is 6.95. The Morgan fingerprint density at radius 3 is 2.46 bits per heavy atom.